The number of nitrogens with one attached hydrogen (secondary N) is 1. The molecule has 2 rings (SSSR count). The first-order valence-corrected chi connectivity index (χ1v) is 9.15. The van der Waals surface area contributed by atoms with E-state index in [1.54, 1.807) is 30.9 Å². The predicted molar refractivity (Wildman–Crippen MR) is 95.0 cm³/mol. The Morgan fingerprint density at radius 1 is 1.38 bits per heavy atom. The molecule has 0 saturated carbocycles. The zero-order valence-electron chi connectivity index (χ0n) is 14.8. The topological polar surface area (TPSA) is 60.0 Å². The number of ether oxygens (including phenoxy) is 3. The lowest BCUT2D eigenvalue weighted by Crippen LogP contribution is -2.44. The first-order chi connectivity index (χ1) is 11.6. The minimum atomic E-state index is 0.0964. The number of benzene rings is 1. The fourth-order valence-electron chi connectivity index (χ4n) is 2.68. The van der Waals surface area contributed by atoms with Gasteiger partial charge in [-0.15, -0.1) is 11.8 Å². The Morgan fingerprint density at radius 3 is 2.67 bits per heavy atom. The summed E-state index contributed by atoms with van der Waals surface area (Å²) >= 11 is 1.63. The van der Waals surface area contributed by atoms with Crippen molar-refractivity contribution >= 4 is 17.7 Å². The molecule has 0 spiro atoms. The molecule has 1 aromatic carbocycles. The third-order valence-corrected chi connectivity index (χ3v) is 4.86. The first-order valence-electron chi connectivity index (χ1n) is 7.93. The molecule has 7 heteroatoms. The lowest BCUT2D eigenvalue weighted by atomic mass is 10.1. The SMILES string of the molecule is COc1cc(CN(C)C(=O)CC2COCCN2)c(SC)cc1OC. The standard InChI is InChI=1S/C17H26N2O4S/c1-19(17(20)8-13-11-23-6-5-18-13)10-12-7-14(21-2)15(22-3)9-16(12)24-4/h7,9,13,18H,5-6,8,10-11H2,1-4H3. The summed E-state index contributed by atoms with van der Waals surface area (Å²) in [4.78, 5) is 15.3. The second-order valence-corrected chi connectivity index (χ2v) is 6.55. The highest BCUT2D eigenvalue weighted by Gasteiger charge is 2.20. The van der Waals surface area contributed by atoms with Crippen LogP contribution in [0.5, 0.6) is 11.5 Å². The van der Waals surface area contributed by atoms with Gasteiger partial charge in [-0.25, -0.2) is 0 Å². The van der Waals surface area contributed by atoms with Gasteiger partial charge in [0.1, 0.15) is 0 Å². The Hall–Kier alpha value is -1.44. The second kappa shape index (κ2) is 9.15. The third-order valence-electron chi connectivity index (χ3n) is 4.04. The van der Waals surface area contributed by atoms with Gasteiger partial charge < -0.3 is 24.4 Å². The van der Waals surface area contributed by atoms with E-state index in [0.717, 1.165) is 17.0 Å². The average Bonchev–Trinajstić information content (AvgIpc) is 2.61. The van der Waals surface area contributed by atoms with E-state index in [-0.39, 0.29) is 11.9 Å². The van der Waals surface area contributed by atoms with Crippen LogP contribution in [-0.2, 0) is 16.1 Å². The van der Waals surface area contributed by atoms with E-state index in [1.165, 1.54) is 0 Å². The van der Waals surface area contributed by atoms with Gasteiger partial charge in [0.25, 0.3) is 0 Å². The molecule has 1 aliphatic rings. The predicted octanol–water partition coefficient (Wildman–Crippen LogP) is 1.76. The van der Waals surface area contributed by atoms with Gasteiger partial charge in [-0.05, 0) is 24.0 Å². The molecule has 0 radical (unpaired) electrons. The quantitative estimate of drug-likeness (QED) is 0.753. The highest BCUT2D eigenvalue weighted by molar-refractivity contribution is 7.98. The molecule has 1 atom stereocenters. The number of hydrogen-bond acceptors (Lipinski definition) is 6. The fourth-order valence-corrected chi connectivity index (χ4v) is 3.29. The van der Waals surface area contributed by atoms with E-state index in [2.05, 4.69) is 5.32 Å². The Balaban J connectivity index is 2.06. The maximum Gasteiger partial charge on any atom is 0.224 e. The number of morpholine rings is 1. The fraction of sp³-hybridized carbons (Fsp3) is 0.588. The molecule has 1 fully saturated rings. The molecule has 0 aromatic heterocycles. The molecule has 1 saturated heterocycles. The molecule has 1 heterocycles. The van der Waals surface area contributed by atoms with Gasteiger partial charge in [0.15, 0.2) is 11.5 Å². The normalized spacial score (nSPS) is 17.4. The molecular weight excluding hydrogens is 328 g/mol. The lowest BCUT2D eigenvalue weighted by molar-refractivity contribution is -0.131. The number of rotatable bonds is 7. The van der Waals surface area contributed by atoms with Gasteiger partial charge in [0.05, 0.1) is 27.4 Å². The number of nitrogens with zero attached hydrogens (tertiary/aromatic N) is 1. The molecule has 134 valence electrons. The van der Waals surface area contributed by atoms with Gasteiger partial charge >= 0.3 is 0 Å². The highest BCUT2D eigenvalue weighted by Crippen LogP contribution is 2.35. The smallest absolute Gasteiger partial charge is 0.224 e. The molecule has 0 bridgehead atoms. The second-order valence-electron chi connectivity index (χ2n) is 5.70. The Morgan fingerprint density at radius 2 is 2.08 bits per heavy atom. The van der Waals surface area contributed by atoms with Crippen molar-refractivity contribution in [2.24, 2.45) is 0 Å². The van der Waals surface area contributed by atoms with Crippen LogP contribution in [0, 0.1) is 0 Å². The van der Waals surface area contributed by atoms with Crippen LogP contribution in [0.2, 0.25) is 0 Å². The Labute approximate surface area is 147 Å². The largest absolute Gasteiger partial charge is 0.493 e. The van der Waals surface area contributed by atoms with Crippen molar-refractivity contribution in [2.75, 3.05) is 47.3 Å². The molecule has 1 aliphatic heterocycles. The van der Waals surface area contributed by atoms with Crippen LogP contribution >= 0.6 is 11.8 Å². The summed E-state index contributed by atoms with van der Waals surface area (Å²) in [5.41, 5.74) is 1.05. The van der Waals surface area contributed by atoms with E-state index in [0.29, 0.717) is 37.7 Å². The van der Waals surface area contributed by atoms with Crippen LogP contribution in [-0.4, -0.2) is 64.1 Å². The van der Waals surface area contributed by atoms with Crippen LogP contribution < -0.4 is 14.8 Å². The van der Waals surface area contributed by atoms with Crippen molar-refractivity contribution in [2.45, 2.75) is 23.9 Å². The lowest BCUT2D eigenvalue weighted by Gasteiger charge is -2.26. The van der Waals surface area contributed by atoms with Crippen molar-refractivity contribution in [3.8, 4) is 11.5 Å². The Bertz CT molecular complexity index is 562. The van der Waals surface area contributed by atoms with Gasteiger partial charge in [-0.2, -0.15) is 0 Å². The van der Waals surface area contributed by atoms with Crippen LogP contribution in [0.1, 0.15) is 12.0 Å². The molecule has 1 aromatic rings. The average molecular weight is 354 g/mol. The van der Waals surface area contributed by atoms with Crippen LogP contribution in [0.4, 0.5) is 0 Å². The number of hydrogen-bond donors (Lipinski definition) is 1. The maximum absolute atomic E-state index is 12.5. The molecule has 0 aliphatic carbocycles. The summed E-state index contributed by atoms with van der Waals surface area (Å²) in [5, 5.41) is 3.31. The molecular formula is C17H26N2O4S. The van der Waals surface area contributed by atoms with Crippen molar-refractivity contribution in [1.82, 2.24) is 10.2 Å². The summed E-state index contributed by atoms with van der Waals surface area (Å²) in [7, 11) is 5.06. The summed E-state index contributed by atoms with van der Waals surface area (Å²) in [5.74, 6) is 1.47. The van der Waals surface area contributed by atoms with Crippen molar-refractivity contribution in [1.29, 1.82) is 0 Å². The number of amides is 1. The van der Waals surface area contributed by atoms with E-state index < -0.39 is 0 Å². The van der Waals surface area contributed by atoms with E-state index in [9.17, 15) is 4.79 Å². The zero-order chi connectivity index (χ0) is 17.5. The number of methoxy groups -OCH3 is 2. The van der Waals surface area contributed by atoms with Crippen molar-refractivity contribution < 1.29 is 19.0 Å². The van der Waals surface area contributed by atoms with E-state index in [1.807, 2.05) is 25.4 Å². The van der Waals surface area contributed by atoms with Gasteiger partial charge in [0, 0.05) is 37.5 Å². The number of carbonyl (C=O) groups is 1. The highest BCUT2D eigenvalue weighted by atomic mass is 32.2. The zero-order valence-corrected chi connectivity index (χ0v) is 15.6. The molecule has 6 nitrogen and oxygen atoms in total. The third kappa shape index (κ3) is 4.78. The minimum Gasteiger partial charge on any atom is -0.493 e. The summed E-state index contributed by atoms with van der Waals surface area (Å²) in [6.45, 7) is 2.63. The summed E-state index contributed by atoms with van der Waals surface area (Å²) in [6.07, 6.45) is 2.45. The number of carbonyl (C=O) groups excluding carboxylic acids is 1. The van der Waals surface area contributed by atoms with Crippen molar-refractivity contribution in [3.63, 3.8) is 0 Å². The van der Waals surface area contributed by atoms with E-state index in [4.69, 9.17) is 14.2 Å². The van der Waals surface area contributed by atoms with Crippen LogP contribution in [0.15, 0.2) is 17.0 Å². The maximum atomic E-state index is 12.5. The van der Waals surface area contributed by atoms with Gasteiger partial charge in [-0.3, -0.25) is 4.79 Å². The molecule has 24 heavy (non-hydrogen) atoms. The van der Waals surface area contributed by atoms with Gasteiger partial charge in [0.2, 0.25) is 5.91 Å². The first kappa shape index (κ1) is 18.9. The van der Waals surface area contributed by atoms with E-state index >= 15 is 0 Å². The minimum absolute atomic E-state index is 0.0964. The van der Waals surface area contributed by atoms with Crippen LogP contribution in [0.25, 0.3) is 0 Å². The molecule has 1 amide bonds. The monoisotopic (exact) mass is 354 g/mol. The Kier molecular flexibility index (Phi) is 7.20. The molecule has 1 unspecified atom stereocenters. The summed E-state index contributed by atoms with van der Waals surface area (Å²) < 4.78 is 16.1. The molecule has 1 N–H and O–H groups in total. The summed E-state index contributed by atoms with van der Waals surface area (Å²) in [6, 6.07) is 3.99. The van der Waals surface area contributed by atoms with Crippen LogP contribution in [0.3, 0.4) is 0 Å². The number of thioether (sulfide) groups is 1. The van der Waals surface area contributed by atoms with Crippen molar-refractivity contribution in [3.05, 3.63) is 17.7 Å². The van der Waals surface area contributed by atoms with Gasteiger partial charge in [-0.1, -0.05) is 0 Å².